The summed E-state index contributed by atoms with van der Waals surface area (Å²) in [5.74, 6) is 0.829. The second kappa shape index (κ2) is 11.8. The van der Waals surface area contributed by atoms with E-state index in [0.717, 1.165) is 43.9 Å². The van der Waals surface area contributed by atoms with Crippen molar-refractivity contribution in [2.75, 3.05) is 39.3 Å². The molecule has 1 aliphatic rings. The zero-order valence-corrected chi connectivity index (χ0v) is 19.2. The Morgan fingerprint density at radius 1 is 0.818 bits per heavy atom. The molecule has 33 heavy (non-hydrogen) atoms. The molecule has 1 N–H and O–H groups in total. The maximum atomic E-state index is 10.6. The van der Waals surface area contributed by atoms with Gasteiger partial charge >= 0.3 is 0 Å². The summed E-state index contributed by atoms with van der Waals surface area (Å²) in [7, 11) is 0. The molecule has 1 aliphatic heterocycles. The Labute approximate surface area is 197 Å². The van der Waals surface area contributed by atoms with Crippen LogP contribution in [0.3, 0.4) is 0 Å². The SMILES string of the molecule is C=CCc1ccccc1OCC(O)CN1CCN(C(c2ccccc2)c2ccccc2)CC1. The van der Waals surface area contributed by atoms with Gasteiger partial charge in [-0.1, -0.05) is 84.9 Å². The van der Waals surface area contributed by atoms with Crippen LogP contribution in [0.4, 0.5) is 0 Å². The van der Waals surface area contributed by atoms with Gasteiger partial charge in [0.25, 0.3) is 0 Å². The van der Waals surface area contributed by atoms with E-state index in [4.69, 9.17) is 4.74 Å². The van der Waals surface area contributed by atoms with E-state index in [0.29, 0.717) is 13.2 Å². The van der Waals surface area contributed by atoms with Crippen molar-refractivity contribution in [2.45, 2.75) is 18.6 Å². The summed E-state index contributed by atoms with van der Waals surface area (Å²) >= 11 is 0. The Balaban J connectivity index is 1.32. The van der Waals surface area contributed by atoms with E-state index in [1.165, 1.54) is 11.1 Å². The second-order valence-electron chi connectivity index (χ2n) is 8.63. The molecule has 172 valence electrons. The number of β-amino-alcohol motifs (C(OH)–C–C–N with tert-alkyl or cyclic N) is 1. The third-order valence-electron chi connectivity index (χ3n) is 6.24. The molecule has 0 radical (unpaired) electrons. The summed E-state index contributed by atoms with van der Waals surface area (Å²) in [5.41, 5.74) is 3.74. The van der Waals surface area contributed by atoms with E-state index in [-0.39, 0.29) is 6.04 Å². The number of ether oxygens (including phenoxy) is 1. The van der Waals surface area contributed by atoms with Gasteiger partial charge < -0.3 is 9.84 Å². The molecule has 4 rings (SSSR count). The smallest absolute Gasteiger partial charge is 0.122 e. The van der Waals surface area contributed by atoms with Gasteiger partial charge in [0, 0.05) is 32.7 Å². The molecule has 1 saturated heterocycles. The normalized spacial score (nSPS) is 15.9. The molecule has 3 aromatic rings. The van der Waals surface area contributed by atoms with Gasteiger partial charge in [0.05, 0.1) is 6.04 Å². The number of aliphatic hydroxyl groups is 1. The van der Waals surface area contributed by atoms with Crippen LogP contribution in [0.5, 0.6) is 5.75 Å². The van der Waals surface area contributed by atoms with Gasteiger partial charge in [0.2, 0.25) is 0 Å². The van der Waals surface area contributed by atoms with Crippen LogP contribution in [0.25, 0.3) is 0 Å². The van der Waals surface area contributed by atoms with E-state index in [2.05, 4.69) is 77.0 Å². The standard InChI is InChI=1S/C29H34N2O2/c1-2-11-24-12-9-10-17-28(24)33-23-27(32)22-30-18-20-31(21-19-30)29(25-13-5-3-6-14-25)26-15-7-4-8-16-26/h2-10,12-17,27,29,32H,1,11,18-23H2. The van der Waals surface area contributed by atoms with Crippen molar-refractivity contribution in [2.24, 2.45) is 0 Å². The lowest BCUT2D eigenvalue weighted by Gasteiger charge is -2.40. The van der Waals surface area contributed by atoms with Crippen molar-refractivity contribution in [3.05, 3.63) is 114 Å². The van der Waals surface area contributed by atoms with Gasteiger partial charge in [-0.2, -0.15) is 0 Å². The molecule has 4 nitrogen and oxygen atoms in total. The third-order valence-corrected chi connectivity index (χ3v) is 6.24. The van der Waals surface area contributed by atoms with Crippen LogP contribution in [0.15, 0.2) is 97.6 Å². The fourth-order valence-electron chi connectivity index (χ4n) is 4.59. The number of para-hydroxylation sites is 1. The molecule has 0 amide bonds. The first-order valence-electron chi connectivity index (χ1n) is 11.8. The molecule has 0 aromatic heterocycles. The number of allylic oxidation sites excluding steroid dienone is 1. The van der Waals surface area contributed by atoms with Crippen LogP contribution in [-0.4, -0.2) is 60.3 Å². The van der Waals surface area contributed by atoms with E-state index >= 15 is 0 Å². The first kappa shape index (κ1) is 23.2. The number of aliphatic hydroxyl groups excluding tert-OH is 1. The summed E-state index contributed by atoms with van der Waals surface area (Å²) in [6.07, 6.45) is 2.11. The van der Waals surface area contributed by atoms with Crippen molar-refractivity contribution < 1.29 is 9.84 Å². The highest BCUT2D eigenvalue weighted by Crippen LogP contribution is 2.29. The van der Waals surface area contributed by atoms with Gasteiger partial charge in [-0.05, 0) is 29.2 Å². The predicted octanol–water partition coefficient (Wildman–Crippen LogP) is 4.56. The monoisotopic (exact) mass is 442 g/mol. The summed E-state index contributed by atoms with van der Waals surface area (Å²) in [6.45, 7) is 8.52. The largest absolute Gasteiger partial charge is 0.491 e. The number of hydrogen-bond acceptors (Lipinski definition) is 4. The first-order chi connectivity index (χ1) is 16.2. The van der Waals surface area contributed by atoms with E-state index in [1.54, 1.807) is 0 Å². The molecule has 1 heterocycles. The van der Waals surface area contributed by atoms with Crippen molar-refractivity contribution in [1.29, 1.82) is 0 Å². The molecule has 0 spiro atoms. The molecule has 4 heteroatoms. The highest BCUT2D eigenvalue weighted by atomic mass is 16.5. The fraction of sp³-hybridized carbons (Fsp3) is 0.310. The van der Waals surface area contributed by atoms with E-state index in [9.17, 15) is 5.11 Å². The van der Waals surface area contributed by atoms with Crippen LogP contribution in [-0.2, 0) is 6.42 Å². The number of benzene rings is 3. The van der Waals surface area contributed by atoms with Gasteiger partial charge in [-0.25, -0.2) is 0 Å². The fourth-order valence-corrected chi connectivity index (χ4v) is 4.59. The van der Waals surface area contributed by atoms with Gasteiger partial charge in [0.15, 0.2) is 0 Å². The summed E-state index contributed by atoms with van der Waals surface area (Å²) in [6, 6.07) is 29.7. The number of rotatable bonds is 10. The zero-order valence-electron chi connectivity index (χ0n) is 19.2. The number of hydrogen-bond donors (Lipinski definition) is 1. The molecule has 0 saturated carbocycles. The van der Waals surface area contributed by atoms with Crippen LogP contribution in [0, 0.1) is 0 Å². The Morgan fingerprint density at radius 3 is 2.00 bits per heavy atom. The van der Waals surface area contributed by atoms with Crippen molar-refractivity contribution in [1.82, 2.24) is 9.80 Å². The van der Waals surface area contributed by atoms with Crippen LogP contribution in [0.1, 0.15) is 22.7 Å². The van der Waals surface area contributed by atoms with Crippen LogP contribution in [0.2, 0.25) is 0 Å². The maximum Gasteiger partial charge on any atom is 0.122 e. The summed E-state index contributed by atoms with van der Waals surface area (Å²) in [5, 5.41) is 10.6. The summed E-state index contributed by atoms with van der Waals surface area (Å²) < 4.78 is 5.93. The van der Waals surface area contributed by atoms with Crippen LogP contribution < -0.4 is 4.74 Å². The average Bonchev–Trinajstić information content (AvgIpc) is 2.86. The highest BCUT2D eigenvalue weighted by Gasteiger charge is 2.27. The second-order valence-corrected chi connectivity index (χ2v) is 8.63. The lowest BCUT2D eigenvalue weighted by molar-refractivity contribution is 0.0399. The molecule has 1 atom stereocenters. The molecule has 1 unspecified atom stereocenters. The van der Waals surface area contributed by atoms with Gasteiger partial charge in [-0.3, -0.25) is 9.80 Å². The molecule has 1 fully saturated rings. The minimum atomic E-state index is -0.521. The molecule has 0 bridgehead atoms. The van der Waals surface area contributed by atoms with Gasteiger partial charge in [0.1, 0.15) is 18.5 Å². The zero-order chi connectivity index (χ0) is 22.9. The van der Waals surface area contributed by atoms with E-state index in [1.807, 2.05) is 30.3 Å². The first-order valence-corrected chi connectivity index (χ1v) is 11.8. The van der Waals surface area contributed by atoms with Crippen LogP contribution >= 0.6 is 0 Å². The predicted molar refractivity (Wildman–Crippen MR) is 135 cm³/mol. The highest BCUT2D eigenvalue weighted by molar-refractivity contribution is 5.35. The van der Waals surface area contributed by atoms with Crippen molar-refractivity contribution in [3.8, 4) is 5.75 Å². The van der Waals surface area contributed by atoms with Crippen molar-refractivity contribution >= 4 is 0 Å². The Hall–Kier alpha value is -2.92. The number of piperazine rings is 1. The topological polar surface area (TPSA) is 35.9 Å². The lowest BCUT2D eigenvalue weighted by atomic mass is 9.96. The number of nitrogens with zero attached hydrogens (tertiary/aromatic N) is 2. The quantitative estimate of drug-likeness (QED) is 0.467. The Bertz CT molecular complexity index is 945. The van der Waals surface area contributed by atoms with Crippen molar-refractivity contribution in [3.63, 3.8) is 0 Å². The Morgan fingerprint density at radius 2 is 1.39 bits per heavy atom. The lowest BCUT2D eigenvalue weighted by Crippen LogP contribution is -2.50. The molecule has 0 aliphatic carbocycles. The molecular formula is C29H34N2O2. The average molecular weight is 443 g/mol. The minimum Gasteiger partial charge on any atom is -0.491 e. The summed E-state index contributed by atoms with van der Waals surface area (Å²) in [4.78, 5) is 4.89. The van der Waals surface area contributed by atoms with E-state index < -0.39 is 6.10 Å². The third kappa shape index (κ3) is 6.32. The molecule has 3 aromatic carbocycles. The van der Waals surface area contributed by atoms with Gasteiger partial charge in [-0.15, -0.1) is 6.58 Å². The molecular weight excluding hydrogens is 408 g/mol. The Kier molecular flexibility index (Phi) is 8.31. The minimum absolute atomic E-state index is 0.254. The maximum absolute atomic E-state index is 10.6.